The monoisotopic (exact) mass is 593 g/mol. The van der Waals surface area contributed by atoms with E-state index >= 15 is 0 Å². The van der Waals surface area contributed by atoms with Gasteiger partial charge < -0.3 is 8.98 Å². The van der Waals surface area contributed by atoms with E-state index in [4.69, 9.17) is 14.4 Å². The first kappa shape index (κ1) is 24.6. The molecule has 0 saturated carbocycles. The number of nitrogens with zero attached hydrogens (tertiary/aromatic N) is 3. The minimum Gasteiger partial charge on any atom is -0.455 e. The molecule has 0 aliphatic carbocycles. The van der Waals surface area contributed by atoms with Crippen LogP contribution in [0.5, 0.6) is 0 Å². The molecule has 0 radical (unpaired) electrons. The van der Waals surface area contributed by atoms with Crippen molar-refractivity contribution in [3.05, 3.63) is 140 Å². The first-order valence-electron chi connectivity index (χ1n) is 15.0. The Morgan fingerprint density at radius 3 is 2.11 bits per heavy atom. The number of fused-ring (bicyclic) bond motifs is 10. The number of para-hydroxylation sites is 2. The highest BCUT2D eigenvalue weighted by atomic mass is 32.1. The molecule has 0 bridgehead atoms. The van der Waals surface area contributed by atoms with Gasteiger partial charge in [-0.25, -0.2) is 9.97 Å². The quantitative estimate of drug-likeness (QED) is 0.205. The molecule has 10 rings (SSSR count). The molecule has 0 aliphatic heterocycles. The molecule has 0 fully saturated rings. The smallest absolute Gasteiger partial charge is 0.161 e. The van der Waals surface area contributed by atoms with E-state index < -0.39 is 0 Å². The third-order valence-corrected chi connectivity index (χ3v) is 9.91. The molecule has 4 heterocycles. The van der Waals surface area contributed by atoms with E-state index in [1.54, 1.807) is 11.3 Å². The second kappa shape index (κ2) is 9.36. The van der Waals surface area contributed by atoms with Crippen LogP contribution in [-0.2, 0) is 0 Å². The van der Waals surface area contributed by atoms with Crippen molar-refractivity contribution >= 4 is 75.4 Å². The van der Waals surface area contributed by atoms with E-state index in [2.05, 4.69) is 114 Å². The molecule has 0 unspecified atom stereocenters. The summed E-state index contributed by atoms with van der Waals surface area (Å²) >= 11 is 1.72. The van der Waals surface area contributed by atoms with E-state index in [1.165, 1.54) is 15.5 Å². The predicted octanol–water partition coefficient (Wildman–Crippen LogP) is 11.2. The average Bonchev–Trinajstić information content (AvgIpc) is 3.78. The van der Waals surface area contributed by atoms with Gasteiger partial charge in [0.05, 0.1) is 22.1 Å². The Labute approximate surface area is 261 Å². The van der Waals surface area contributed by atoms with Gasteiger partial charge in [-0.15, -0.1) is 11.3 Å². The summed E-state index contributed by atoms with van der Waals surface area (Å²) in [6, 6.07) is 48.8. The van der Waals surface area contributed by atoms with Crippen molar-refractivity contribution in [3.63, 3.8) is 0 Å². The number of benzene rings is 6. The van der Waals surface area contributed by atoms with Gasteiger partial charge in [0.15, 0.2) is 5.82 Å². The number of furan rings is 1. The van der Waals surface area contributed by atoms with Crippen molar-refractivity contribution in [2.24, 2.45) is 0 Å². The van der Waals surface area contributed by atoms with Crippen LogP contribution in [-0.4, -0.2) is 14.5 Å². The lowest BCUT2D eigenvalue weighted by atomic mass is 10.0. The Bertz CT molecular complexity index is 2750. The van der Waals surface area contributed by atoms with Crippen molar-refractivity contribution in [2.45, 2.75) is 0 Å². The number of aromatic nitrogens is 3. The minimum absolute atomic E-state index is 0.742. The molecule has 0 aliphatic rings. The van der Waals surface area contributed by atoms with Gasteiger partial charge in [-0.3, -0.25) is 0 Å². The SMILES string of the molecule is c1ccc(-c2nc(-c3ccc(-n4c5ccccc5c5c6oc7ccccc7c6ccc54)cc3)c3c(n2)sc2ccccc23)cc1. The summed E-state index contributed by atoms with van der Waals surface area (Å²) in [5.74, 6) is 0.742. The number of thiophene rings is 1. The first-order chi connectivity index (χ1) is 22.3. The Morgan fingerprint density at radius 2 is 1.24 bits per heavy atom. The van der Waals surface area contributed by atoms with Crippen molar-refractivity contribution in [1.82, 2.24) is 14.5 Å². The maximum Gasteiger partial charge on any atom is 0.161 e. The van der Waals surface area contributed by atoms with Crippen molar-refractivity contribution in [3.8, 4) is 28.3 Å². The molecule has 4 nitrogen and oxygen atoms in total. The van der Waals surface area contributed by atoms with Crippen molar-refractivity contribution < 1.29 is 4.42 Å². The first-order valence-corrected chi connectivity index (χ1v) is 15.8. The minimum atomic E-state index is 0.742. The van der Waals surface area contributed by atoms with Crippen LogP contribution in [0.15, 0.2) is 144 Å². The second-order valence-electron chi connectivity index (χ2n) is 11.4. The molecule has 4 aromatic heterocycles. The maximum absolute atomic E-state index is 6.49. The summed E-state index contributed by atoms with van der Waals surface area (Å²) in [7, 11) is 0. The van der Waals surface area contributed by atoms with Gasteiger partial charge in [0, 0.05) is 48.4 Å². The summed E-state index contributed by atoms with van der Waals surface area (Å²) in [5.41, 5.74) is 8.22. The lowest BCUT2D eigenvalue weighted by molar-refractivity contribution is 0.673. The summed E-state index contributed by atoms with van der Waals surface area (Å²) in [6.07, 6.45) is 0. The predicted molar refractivity (Wildman–Crippen MR) is 187 cm³/mol. The van der Waals surface area contributed by atoms with Crippen molar-refractivity contribution in [1.29, 1.82) is 0 Å². The second-order valence-corrected chi connectivity index (χ2v) is 12.4. The fourth-order valence-corrected chi connectivity index (χ4v) is 7.91. The van der Waals surface area contributed by atoms with Gasteiger partial charge in [-0.2, -0.15) is 0 Å². The van der Waals surface area contributed by atoms with E-state index in [1.807, 2.05) is 30.3 Å². The van der Waals surface area contributed by atoms with Gasteiger partial charge in [0.25, 0.3) is 0 Å². The van der Waals surface area contributed by atoms with Gasteiger partial charge in [-0.05, 0) is 42.5 Å². The van der Waals surface area contributed by atoms with E-state index in [9.17, 15) is 0 Å². The normalized spacial score (nSPS) is 12.0. The van der Waals surface area contributed by atoms with Crippen molar-refractivity contribution in [2.75, 3.05) is 0 Å². The topological polar surface area (TPSA) is 43.9 Å². The molecule has 10 aromatic rings. The Morgan fingerprint density at radius 1 is 0.511 bits per heavy atom. The standard InChI is InChI=1S/C40H23N3OS/c1-2-10-25(11-3-1)39-41-37(36-30-14-6-9-17-34(30)45-40(36)42-39)24-18-20-26(21-19-24)43-31-15-7-4-13-29(31)35-32(43)23-22-28-27-12-5-8-16-33(27)44-38(28)35/h1-23H. The summed E-state index contributed by atoms with van der Waals surface area (Å²) in [6.45, 7) is 0. The number of rotatable bonds is 3. The van der Waals surface area contributed by atoms with Gasteiger partial charge in [0.2, 0.25) is 0 Å². The van der Waals surface area contributed by atoms with E-state index in [0.717, 1.165) is 76.9 Å². The van der Waals surface area contributed by atoms with Gasteiger partial charge in [-0.1, -0.05) is 97.1 Å². The van der Waals surface area contributed by atoms with Crippen LogP contribution in [0.25, 0.3) is 92.4 Å². The molecular formula is C40H23N3OS. The third-order valence-electron chi connectivity index (χ3n) is 8.85. The fraction of sp³-hybridized carbons (Fsp3) is 0. The molecule has 6 aromatic carbocycles. The lowest BCUT2D eigenvalue weighted by Crippen LogP contribution is -1.96. The molecule has 0 atom stereocenters. The Hall–Kier alpha value is -5.78. The average molecular weight is 594 g/mol. The number of hydrogen-bond acceptors (Lipinski definition) is 4. The van der Waals surface area contributed by atoms with Crippen LogP contribution in [0.2, 0.25) is 0 Å². The highest BCUT2D eigenvalue weighted by Crippen LogP contribution is 2.42. The molecule has 0 N–H and O–H groups in total. The zero-order valence-electron chi connectivity index (χ0n) is 23.9. The largest absolute Gasteiger partial charge is 0.455 e. The van der Waals surface area contributed by atoms with Crippen LogP contribution in [0.3, 0.4) is 0 Å². The van der Waals surface area contributed by atoms with Crippen LogP contribution >= 0.6 is 11.3 Å². The van der Waals surface area contributed by atoms with E-state index in [0.29, 0.717) is 0 Å². The molecule has 210 valence electrons. The molecule has 5 heteroatoms. The number of hydrogen-bond donors (Lipinski definition) is 0. The summed E-state index contributed by atoms with van der Waals surface area (Å²) in [5, 5.41) is 6.89. The molecule has 45 heavy (non-hydrogen) atoms. The zero-order valence-corrected chi connectivity index (χ0v) is 24.8. The van der Waals surface area contributed by atoms with Crippen LogP contribution in [0.1, 0.15) is 0 Å². The molecule has 0 saturated heterocycles. The maximum atomic E-state index is 6.49. The molecule has 0 spiro atoms. The third kappa shape index (κ3) is 3.59. The van der Waals surface area contributed by atoms with Crippen LogP contribution < -0.4 is 0 Å². The fourth-order valence-electron chi connectivity index (χ4n) is 6.83. The highest BCUT2D eigenvalue weighted by Gasteiger charge is 2.20. The Balaban J connectivity index is 1.20. The van der Waals surface area contributed by atoms with Crippen LogP contribution in [0, 0.1) is 0 Å². The Kier molecular flexibility index (Phi) is 5.12. The molecular weight excluding hydrogens is 571 g/mol. The summed E-state index contributed by atoms with van der Waals surface area (Å²) < 4.78 is 10.0. The summed E-state index contributed by atoms with van der Waals surface area (Å²) in [4.78, 5) is 11.2. The molecule has 0 amide bonds. The van der Waals surface area contributed by atoms with Crippen LogP contribution in [0.4, 0.5) is 0 Å². The zero-order chi connectivity index (χ0) is 29.5. The highest BCUT2D eigenvalue weighted by molar-refractivity contribution is 7.25. The lowest BCUT2D eigenvalue weighted by Gasteiger charge is -2.11. The van der Waals surface area contributed by atoms with E-state index in [-0.39, 0.29) is 0 Å². The van der Waals surface area contributed by atoms with Gasteiger partial charge >= 0.3 is 0 Å². The van der Waals surface area contributed by atoms with Gasteiger partial charge in [0.1, 0.15) is 16.0 Å².